The molecule has 0 atom stereocenters. The number of nitrogens with two attached hydrogens (primary N) is 1. The highest BCUT2D eigenvalue weighted by atomic mass is 32.1. The van der Waals surface area contributed by atoms with Gasteiger partial charge in [-0.2, -0.15) is 0 Å². The summed E-state index contributed by atoms with van der Waals surface area (Å²) in [6, 6.07) is 2.88. The number of benzene rings is 1. The van der Waals surface area contributed by atoms with Crippen LogP contribution in [0.5, 0.6) is 17.2 Å². The molecule has 0 spiro atoms. The Morgan fingerprint density at radius 1 is 0.812 bits per heavy atom. The molecule has 0 bridgehead atoms. The van der Waals surface area contributed by atoms with Crippen molar-refractivity contribution in [3.63, 3.8) is 0 Å². The summed E-state index contributed by atoms with van der Waals surface area (Å²) >= 11 is 0.859. The Labute approximate surface area is 189 Å². The molecule has 174 valence electrons. The van der Waals surface area contributed by atoms with E-state index in [-0.39, 0.29) is 45.5 Å². The molecule has 1 aromatic heterocycles. The molecule has 2 aromatic rings. The lowest BCUT2D eigenvalue weighted by atomic mass is 10.1. The molecule has 0 saturated heterocycles. The summed E-state index contributed by atoms with van der Waals surface area (Å²) in [5.74, 6) is -1.35. The SMILES string of the molecule is CCOC(=O)c1sc(N)c(C(=O)OCC)c1COC(=O)c1cc(OC)c(OC)cc1OC. The second kappa shape index (κ2) is 11.2. The maximum Gasteiger partial charge on any atom is 0.348 e. The molecule has 32 heavy (non-hydrogen) atoms. The first kappa shape index (κ1) is 24.8. The van der Waals surface area contributed by atoms with Gasteiger partial charge in [0.1, 0.15) is 33.4 Å². The number of hydrogen-bond acceptors (Lipinski definition) is 11. The quantitative estimate of drug-likeness (QED) is 0.410. The molecule has 0 radical (unpaired) electrons. The molecule has 0 unspecified atom stereocenters. The van der Waals surface area contributed by atoms with Crippen molar-refractivity contribution < 1.29 is 42.8 Å². The predicted molar refractivity (Wildman–Crippen MR) is 116 cm³/mol. The molecule has 0 amide bonds. The molecule has 1 aromatic carbocycles. The molecule has 2 N–H and O–H groups in total. The Bertz CT molecular complexity index is 1000. The van der Waals surface area contributed by atoms with Gasteiger partial charge in [0, 0.05) is 17.7 Å². The second-order valence-electron chi connectivity index (χ2n) is 6.07. The first-order valence-electron chi connectivity index (χ1n) is 9.55. The van der Waals surface area contributed by atoms with Gasteiger partial charge in [-0.15, -0.1) is 11.3 Å². The highest BCUT2D eigenvalue weighted by Crippen LogP contribution is 2.36. The maximum atomic E-state index is 12.8. The van der Waals surface area contributed by atoms with E-state index in [9.17, 15) is 14.4 Å². The van der Waals surface area contributed by atoms with E-state index in [1.807, 2.05) is 0 Å². The second-order valence-corrected chi connectivity index (χ2v) is 7.13. The van der Waals surface area contributed by atoms with Gasteiger partial charge in [-0.1, -0.05) is 0 Å². The summed E-state index contributed by atoms with van der Waals surface area (Å²) in [5, 5.41) is 0.0567. The monoisotopic (exact) mass is 467 g/mol. The normalized spacial score (nSPS) is 10.3. The molecular formula is C21H25NO9S. The minimum absolute atomic E-state index is 0.0352. The van der Waals surface area contributed by atoms with Crippen LogP contribution >= 0.6 is 11.3 Å². The van der Waals surface area contributed by atoms with E-state index in [4.69, 9.17) is 34.2 Å². The number of carbonyl (C=O) groups excluding carboxylic acids is 3. The summed E-state index contributed by atoms with van der Waals surface area (Å²) in [6.07, 6.45) is 0. The molecule has 0 aliphatic carbocycles. The molecule has 1 heterocycles. The summed E-state index contributed by atoms with van der Waals surface area (Å²) in [6.45, 7) is 3.07. The summed E-state index contributed by atoms with van der Waals surface area (Å²) < 4.78 is 31.1. The van der Waals surface area contributed by atoms with Crippen LogP contribution in [0.25, 0.3) is 0 Å². The standard InChI is InChI=1S/C21H25NO9S/c1-6-29-20(24)16-12(17(32-18(16)22)21(25)30-7-2)10-31-19(23)11-8-14(27-4)15(28-5)9-13(11)26-3/h8-9H,6-7,10,22H2,1-5H3. The molecule has 10 nitrogen and oxygen atoms in total. The molecule has 0 fully saturated rings. The molecule has 0 aliphatic heterocycles. The van der Waals surface area contributed by atoms with Crippen molar-refractivity contribution >= 4 is 34.2 Å². The van der Waals surface area contributed by atoms with Gasteiger partial charge in [-0.3, -0.25) is 0 Å². The summed E-state index contributed by atoms with van der Waals surface area (Å²) in [5.41, 5.74) is 6.09. The van der Waals surface area contributed by atoms with E-state index in [0.29, 0.717) is 11.5 Å². The van der Waals surface area contributed by atoms with Crippen LogP contribution in [-0.4, -0.2) is 52.5 Å². The van der Waals surface area contributed by atoms with Crippen molar-refractivity contribution in [3.05, 3.63) is 33.7 Å². The first-order valence-corrected chi connectivity index (χ1v) is 10.4. The minimum atomic E-state index is -0.780. The maximum absolute atomic E-state index is 12.8. The lowest BCUT2D eigenvalue weighted by Gasteiger charge is -2.14. The van der Waals surface area contributed by atoms with Crippen molar-refractivity contribution in [2.75, 3.05) is 40.3 Å². The van der Waals surface area contributed by atoms with Crippen LogP contribution in [0.3, 0.4) is 0 Å². The molecular weight excluding hydrogens is 442 g/mol. The lowest BCUT2D eigenvalue weighted by Crippen LogP contribution is -2.14. The number of carbonyl (C=O) groups is 3. The average molecular weight is 467 g/mol. The van der Waals surface area contributed by atoms with Gasteiger partial charge < -0.3 is 34.2 Å². The highest BCUT2D eigenvalue weighted by Gasteiger charge is 2.29. The van der Waals surface area contributed by atoms with Gasteiger partial charge in [0.05, 0.1) is 34.5 Å². The van der Waals surface area contributed by atoms with Crippen molar-refractivity contribution in [2.45, 2.75) is 20.5 Å². The van der Waals surface area contributed by atoms with Gasteiger partial charge in [0.15, 0.2) is 11.5 Å². The van der Waals surface area contributed by atoms with E-state index < -0.39 is 24.5 Å². The Hall–Kier alpha value is -3.47. The van der Waals surface area contributed by atoms with E-state index >= 15 is 0 Å². The zero-order valence-corrected chi connectivity index (χ0v) is 19.3. The summed E-state index contributed by atoms with van der Waals surface area (Å²) in [7, 11) is 4.25. The average Bonchev–Trinajstić information content (AvgIpc) is 3.12. The van der Waals surface area contributed by atoms with Crippen LogP contribution < -0.4 is 19.9 Å². The third kappa shape index (κ3) is 5.22. The fourth-order valence-corrected chi connectivity index (χ4v) is 3.77. The van der Waals surface area contributed by atoms with Crippen LogP contribution in [0.15, 0.2) is 12.1 Å². The van der Waals surface area contributed by atoms with Crippen molar-refractivity contribution in [1.82, 2.24) is 0 Å². The van der Waals surface area contributed by atoms with Crippen molar-refractivity contribution in [2.24, 2.45) is 0 Å². The Balaban J connectivity index is 2.41. The number of hydrogen-bond donors (Lipinski definition) is 1. The first-order chi connectivity index (χ1) is 15.3. The van der Waals surface area contributed by atoms with Gasteiger partial charge in [0.25, 0.3) is 0 Å². The van der Waals surface area contributed by atoms with Crippen molar-refractivity contribution in [1.29, 1.82) is 0 Å². The Morgan fingerprint density at radius 3 is 1.94 bits per heavy atom. The van der Waals surface area contributed by atoms with Gasteiger partial charge in [0.2, 0.25) is 0 Å². The lowest BCUT2D eigenvalue weighted by molar-refractivity contribution is 0.0434. The van der Waals surface area contributed by atoms with E-state index in [2.05, 4.69) is 0 Å². The number of anilines is 1. The Morgan fingerprint density at radius 2 is 1.38 bits per heavy atom. The Kier molecular flexibility index (Phi) is 8.71. The van der Waals surface area contributed by atoms with E-state index in [1.165, 1.54) is 33.5 Å². The number of rotatable bonds is 10. The van der Waals surface area contributed by atoms with E-state index in [0.717, 1.165) is 11.3 Å². The minimum Gasteiger partial charge on any atom is -0.496 e. The van der Waals surface area contributed by atoms with Crippen LogP contribution in [0.2, 0.25) is 0 Å². The third-order valence-corrected chi connectivity index (χ3v) is 5.29. The van der Waals surface area contributed by atoms with Gasteiger partial charge in [-0.25, -0.2) is 14.4 Å². The van der Waals surface area contributed by atoms with Crippen LogP contribution in [0.4, 0.5) is 5.00 Å². The molecule has 11 heteroatoms. The van der Waals surface area contributed by atoms with Crippen LogP contribution in [-0.2, 0) is 20.8 Å². The number of methoxy groups -OCH3 is 3. The summed E-state index contributed by atoms with van der Waals surface area (Å²) in [4.78, 5) is 37.7. The fourth-order valence-electron chi connectivity index (χ4n) is 2.82. The largest absolute Gasteiger partial charge is 0.496 e. The third-order valence-electron chi connectivity index (χ3n) is 4.25. The number of ether oxygens (including phenoxy) is 6. The zero-order valence-electron chi connectivity index (χ0n) is 18.4. The fraction of sp³-hybridized carbons (Fsp3) is 0.381. The van der Waals surface area contributed by atoms with Crippen LogP contribution in [0.1, 0.15) is 49.8 Å². The van der Waals surface area contributed by atoms with Gasteiger partial charge >= 0.3 is 17.9 Å². The smallest absolute Gasteiger partial charge is 0.348 e. The topological polar surface area (TPSA) is 133 Å². The van der Waals surface area contributed by atoms with E-state index in [1.54, 1.807) is 13.8 Å². The zero-order chi connectivity index (χ0) is 23.8. The highest BCUT2D eigenvalue weighted by molar-refractivity contribution is 7.18. The van der Waals surface area contributed by atoms with Crippen LogP contribution in [0, 0.1) is 0 Å². The van der Waals surface area contributed by atoms with Crippen molar-refractivity contribution in [3.8, 4) is 17.2 Å². The predicted octanol–water partition coefficient (Wildman–Crippen LogP) is 3.07. The number of thiophene rings is 1. The molecule has 0 aliphatic rings. The number of esters is 3. The number of nitrogen functional groups attached to an aromatic ring is 1. The molecule has 0 saturated carbocycles. The molecule has 2 rings (SSSR count). The van der Waals surface area contributed by atoms with Gasteiger partial charge in [-0.05, 0) is 13.8 Å².